The molecule has 0 radical (unpaired) electrons. The number of nitrogens with zero attached hydrogens (tertiary/aromatic N) is 2. The highest BCUT2D eigenvalue weighted by molar-refractivity contribution is 7.89. The maximum atomic E-state index is 13.8. The summed E-state index contributed by atoms with van der Waals surface area (Å²) in [6, 6.07) is 27.2. The summed E-state index contributed by atoms with van der Waals surface area (Å²) in [6.45, 7) is 0.493. The molecular weight excluding hydrogens is 522 g/mol. The van der Waals surface area contributed by atoms with Gasteiger partial charge in [0.15, 0.2) is 0 Å². The zero-order valence-electron chi connectivity index (χ0n) is 23.1. The SMILES string of the molecule is CN(CCCC(=O)N(Cc1ccccc1)C(Cc1ccccc1)C(=O)NC1CCCC1)S(=O)(=O)c1ccccc1. The van der Waals surface area contributed by atoms with Gasteiger partial charge in [-0.25, -0.2) is 12.7 Å². The highest BCUT2D eigenvalue weighted by atomic mass is 32.2. The van der Waals surface area contributed by atoms with E-state index in [4.69, 9.17) is 0 Å². The van der Waals surface area contributed by atoms with Crippen molar-refractivity contribution in [3.63, 3.8) is 0 Å². The largest absolute Gasteiger partial charge is 0.352 e. The number of sulfonamides is 1. The van der Waals surface area contributed by atoms with Gasteiger partial charge in [0.1, 0.15) is 6.04 Å². The molecule has 3 aromatic rings. The Hall–Kier alpha value is -3.49. The standard InChI is InChI=1S/C32H39N3O4S/c1-34(40(38,39)29-20-9-4-10-21-29)23-13-22-31(36)35(25-27-16-7-3-8-17-27)30(24-26-14-5-2-6-15-26)32(37)33-28-18-11-12-19-28/h2-10,14-17,20-21,28,30H,11-13,18-19,22-25H2,1H3,(H,33,37). The third-order valence-corrected chi connectivity index (χ3v) is 9.35. The minimum Gasteiger partial charge on any atom is -0.352 e. The zero-order valence-corrected chi connectivity index (χ0v) is 23.9. The summed E-state index contributed by atoms with van der Waals surface area (Å²) in [7, 11) is -2.12. The summed E-state index contributed by atoms with van der Waals surface area (Å²) in [6.07, 6.45) is 4.98. The molecule has 40 heavy (non-hydrogen) atoms. The lowest BCUT2D eigenvalue weighted by Gasteiger charge is -2.32. The zero-order chi connectivity index (χ0) is 28.4. The average molecular weight is 562 g/mol. The fourth-order valence-corrected chi connectivity index (χ4v) is 6.42. The molecule has 1 aliphatic rings. The Morgan fingerprint density at radius 2 is 1.40 bits per heavy atom. The van der Waals surface area contributed by atoms with Gasteiger partial charge >= 0.3 is 0 Å². The molecule has 7 nitrogen and oxygen atoms in total. The molecule has 1 fully saturated rings. The number of rotatable bonds is 13. The van der Waals surface area contributed by atoms with E-state index in [1.807, 2.05) is 60.7 Å². The maximum Gasteiger partial charge on any atom is 0.243 e. The lowest BCUT2D eigenvalue weighted by Crippen LogP contribution is -2.52. The summed E-state index contributed by atoms with van der Waals surface area (Å²) >= 11 is 0. The topological polar surface area (TPSA) is 86.8 Å². The Balaban J connectivity index is 1.52. The van der Waals surface area contributed by atoms with Crippen molar-refractivity contribution in [1.29, 1.82) is 0 Å². The van der Waals surface area contributed by atoms with Gasteiger partial charge in [0.05, 0.1) is 4.90 Å². The van der Waals surface area contributed by atoms with E-state index < -0.39 is 16.1 Å². The number of hydrogen-bond acceptors (Lipinski definition) is 4. The molecule has 1 unspecified atom stereocenters. The fourth-order valence-electron chi connectivity index (χ4n) is 5.19. The minimum absolute atomic E-state index is 0.128. The van der Waals surface area contributed by atoms with Crippen molar-refractivity contribution in [2.75, 3.05) is 13.6 Å². The molecule has 1 N–H and O–H groups in total. The lowest BCUT2D eigenvalue weighted by atomic mass is 10.0. The molecule has 0 saturated heterocycles. The molecule has 1 atom stereocenters. The van der Waals surface area contributed by atoms with Gasteiger partial charge in [-0.05, 0) is 42.5 Å². The predicted octanol–water partition coefficient (Wildman–Crippen LogP) is 4.79. The van der Waals surface area contributed by atoms with Crippen LogP contribution in [0.25, 0.3) is 0 Å². The second-order valence-electron chi connectivity index (χ2n) is 10.4. The van der Waals surface area contributed by atoms with E-state index in [9.17, 15) is 18.0 Å². The number of benzene rings is 3. The van der Waals surface area contributed by atoms with Gasteiger partial charge in [0.2, 0.25) is 21.8 Å². The molecular formula is C32H39N3O4S. The number of amides is 2. The van der Waals surface area contributed by atoms with Crippen molar-refractivity contribution < 1.29 is 18.0 Å². The molecule has 0 heterocycles. The van der Waals surface area contributed by atoms with Crippen molar-refractivity contribution in [1.82, 2.24) is 14.5 Å². The number of carbonyl (C=O) groups excluding carboxylic acids is 2. The number of nitrogens with one attached hydrogen (secondary N) is 1. The first-order valence-electron chi connectivity index (χ1n) is 14.0. The lowest BCUT2D eigenvalue weighted by molar-refractivity contribution is -0.141. The maximum absolute atomic E-state index is 13.8. The van der Waals surface area contributed by atoms with Crippen LogP contribution in [0.2, 0.25) is 0 Å². The predicted molar refractivity (Wildman–Crippen MR) is 157 cm³/mol. The van der Waals surface area contributed by atoms with Crippen LogP contribution in [0.4, 0.5) is 0 Å². The molecule has 3 aromatic carbocycles. The quantitative estimate of drug-likeness (QED) is 0.325. The van der Waals surface area contributed by atoms with Gasteiger partial charge in [-0.1, -0.05) is 91.7 Å². The van der Waals surface area contributed by atoms with Crippen LogP contribution in [0, 0.1) is 0 Å². The van der Waals surface area contributed by atoms with Crippen LogP contribution in [0.1, 0.15) is 49.7 Å². The van der Waals surface area contributed by atoms with Crippen LogP contribution < -0.4 is 5.32 Å². The normalized spacial score (nSPS) is 14.7. The number of hydrogen-bond donors (Lipinski definition) is 1. The number of carbonyl (C=O) groups is 2. The summed E-state index contributed by atoms with van der Waals surface area (Å²) in [5.41, 5.74) is 1.92. The fraction of sp³-hybridized carbons (Fsp3) is 0.375. The van der Waals surface area contributed by atoms with Gasteiger partial charge in [0, 0.05) is 39.0 Å². The molecule has 0 bridgehead atoms. The Kier molecular flexibility index (Phi) is 10.5. The molecule has 0 aliphatic heterocycles. The summed E-state index contributed by atoms with van der Waals surface area (Å²) in [5, 5.41) is 3.21. The first-order chi connectivity index (χ1) is 19.3. The van der Waals surface area contributed by atoms with Crippen LogP contribution in [-0.2, 0) is 32.6 Å². The van der Waals surface area contributed by atoms with Crippen molar-refractivity contribution in [2.45, 2.75) is 68.5 Å². The Bertz CT molecular complexity index is 1330. The van der Waals surface area contributed by atoms with E-state index >= 15 is 0 Å². The first kappa shape index (κ1) is 29.5. The van der Waals surface area contributed by atoms with Crippen molar-refractivity contribution in [2.24, 2.45) is 0 Å². The second kappa shape index (κ2) is 14.2. The monoisotopic (exact) mass is 561 g/mol. The van der Waals surface area contributed by atoms with Gasteiger partial charge < -0.3 is 10.2 Å². The summed E-state index contributed by atoms with van der Waals surface area (Å²) in [5.74, 6) is -0.305. The Labute approximate surface area is 238 Å². The molecule has 212 valence electrons. The van der Waals surface area contributed by atoms with E-state index in [-0.39, 0.29) is 35.7 Å². The van der Waals surface area contributed by atoms with Gasteiger partial charge in [0.25, 0.3) is 0 Å². The summed E-state index contributed by atoms with van der Waals surface area (Å²) in [4.78, 5) is 29.4. The van der Waals surface area contributed by atoms with Crippen LogP contribution >= 0.6 is 0 Å². The minimum atomic E-state index is -3.65. The molecule has 1 saturated carbocycles. The molecule has 4 rings (SSSR count). The van der Waals surface area contributed by atoms with Crippen LogP contribution in [0.5, 0.6) is 0 Å². The molecule has 0 spiro atoms. The van der Waals surface area contributed by atoms with Crippen molar-refractivity contribution >= 4 is 21.8 Å². The highest BCUT2D eigenvalue weighted by Gasteiger charge is 2.32. The van der Waals surface area contributed by atoms with E-state index in [1.165, 1.54) is 11.4 Å². The highest BCUT2D eigenvalue weighted by Crippen LogP contribution is 2.21. The van der Waals surface area contributed by atoms with Gasteiger partial charge in [-0.2, -0.15) is 0 Å². The van der Waals surface area contributed by atoms with E-state index in [0.717, 1.165) is 36.8 Å². The molecule has 2 amide bonds. The van der Waals surface area contributed by atoms with Crippen LogP contribution in [0.3, 0.4) is 0 Å². The van der Waals surface area contributed by atoms with E-state index in [2.05, 4.69) is 5.32 Å². The summed E-state index contributed by atoms with van der Waals surface area (Å²) < 4.78 is 27.1. The Morgan fingerprint density at radius 1 is 0.850 bits per heavy atom. The third kappa shape index (κ3) is 8.02. The molecule has 8 heteroatoms. The smallest absolute Gasteiger partial charge is 0.243 e. The first-order valence-corrected chi connectivity index (χ1v) is 15.5. The van der Waals surface area contributed by atoms with Crippen LogP contribution in [0.15, 0.2) is 95.9 Å². The van der Waals surface area contributed by atoms with Crippen molar-refractivity contribution in [3.8, 4) is 0 Å². The molecule has 0 aromatic heterocycles. The average Bonchev–Trinajstić information content (AvgIpc) is 3.49. The third-order valence-electron chi connectivity index (χ3n) is 7.48. The van der Waals surface area contributed by atoms with Crippen molar-refractivity contribution in [3.05, 3.63) is 102 Å². The van der Waals surface area contributed by atoms with Gasteiger partial charge in [-0.3, -0.25) is 9.59 Å². The molecule has 1 aliphatic carbocycles. The van der Waals surface area contributed by atoms with Crippen LogP contribution in [-0.4, -0.2) is 55.1 Å². The second-order valence-corrected chi connectivity index (χ2v) is 12.5. The Morgan fingerprint density at radius 3 is 2.00 bits per heavy atom. The van der Waals surface area contributed by atoms with E-state index in [1.54, 1.807) is 35.2 Å². The van der Waals surface area contributed by atoms with E-state index in [0.29, 0.717) is 19.4 Å². The van der Waals surface area contributed by atoms with Gasteiger partial charge in [-0.15, -0.1) is 0 Å².